The lowest BCUT2D eigenvalue weighted by molar-refractivity contribution is -0.141. The number of nitrogens with one attached hydrogen (secondary N) is 3. The van der Waals surface area contributed by atoms with Crippen LogP contribution in [0.1, 0.15) is 37.6 Å². The molecule has 2 aliphatic heterocycles. The molecular weight excluding hydrogens is 648 g/mol. The maximum Gasteiger partial charge on any atom is 0.290 e. The Bertz CT molecular complexity index is 1880. The van der Waals surface area contributed by atoms with Crippen LogP contribution in [-0.2, 0) is 19.2 Å². The van der Waals surface area contributed by atoms with E-state index in [0.717, 1.165) is 11.1 Å². The number of oxazole rings is 1. The van der Waals surface area contributed by atoms with E-state index < -0.39 is 47.9 Å². The number of carboxylic acid groups (broad SMARTS) is 1. The number of hydrogen-bond acceptors (Lipinski definition) is 10. The van der Waals surface area contributed by atoms with Gasteiger partial charge in [-0.25, -0.2) is 4.98 Å². The summed E-state index contributed by atoms with van der Waals surface area (Å²) in [5.41, 5.74) is 3.61. The minimum absolute atomic E-state index is 0.0249. The Morgan fingerprint density at radius 3 is 2.46 bits per heavy atom. The first-order chi connectivity index (χ1) is 24.0. The minimum atomic E-state index is -0.999. The summed E-state index contributed by atoms with van der Waals surface area (Å²) in [7, 11) is 0. The van der Waals surface area contributed by atoms with Crippen molar-refractivity contribution < 1.29 is 43.3 Å². The fourth-order valence-electron chi connectivity index (χ4n) is 5.86. The second-order valence-electron chi connectivity index (χ2n) is 12.2. The molecule has 4 atom stereocenters. The van der Waals surface area contributed by atoms with Crippen LogP contribution in [-0.4, -0.2) is 99.1 Å². The SMILES string of the molecule is CC(C)[C@@H]1NC(=O)c2cc(-c3ccc4oc(-c5cccnc5)nc4c3)ccc2OCCNC(=O)[C@@H]2C[C@H](O)CN2C(=O)[C@@H](C)NC1=O.O=CO. The van der Waals surface area contributed by atoms with Gasteiger partial charge in [0.2, 0.25) is 23.6 Å². The Labute approximate surface area is 287 Å². The van der Waals surface area contributed by atoms with Gasteiger partial charge in [-0.05, 0) is 60.4 Å². The van der Waals surface area contributed by atoms with Gasteiger partial charge in [-0.2, -0.15) is 0 Å². The third kappa shape index (κ3) is 7.89. The Morgan fingerprint density at radius 2 is 1.74 bits per heavy atom. The van der Waals surface area contributed by atoms with E-state index in [1.165, 1.54) is 11.8 Å². The molecule has 4 amide bonds. The van der Waals surface area contributed by atoms with E-state index in [2.05, 4.69) is 25.9 Å². The van der Waals surface area contributed by atoms with Crippen LogP contribution in [0.4, 0.5) is 0 Å². The van der Waals surface area contributed by atoms with Crippen molar-refractivity contribution >= 4 is 41.2 Å². The van der Waals surface area contributed by atoms with Crippen LogP contribution in [0.5, 0.6) is 5.75 Å². The van der Waals surface area contributed by atoms with Crippen LogP contribution >= 0.6 is 0 Å². The Balaban J connectivity index is 0.00000156. The summed E-state index contributed by atoms with van der Waals surface area (Å²) in [4.78, 5) is 72.0. The van der Waals surface area contributed by atoms with Gasteiger partial charge in [-0.1, -0.05) is 26.0 Å². The summed E-state index contributed by atoms with van der Waals surface area (Å²) in [6.45, 7) is 4.94. The molecule has 0 aliphatic carbocycles. The number of nitrogens with zero attached hydrogens (tertiary/aromatic N) is 3. The summed E-state index contributed by atoms with van der Waals surface area (Å²) in [6, 6.07) is 11.5. The lowest BCUT2D eigenvalue weighted by Gasteiger charge is -2.29. The lowest BCUT2D eigenvalue weighted by atomic mass is 9.99. The van der Waals surface area contributed by atoms with Gasteiger partial charge in [0.1, 0.15) is 36.0 Å². The third-order valence-corrected chi connectivity index (χ3v) is 8.34. The van der Waals surface area contributed by atoms with Crippen LogP contribution in [0.3, 0.4) is 0 Å². The number of carbonyl (C=O) groups excluding carboxylic acids is 4. The zero-order chi connectivity index (χ0) is 35.9. The molecule has 0 unspecified atom stereocenters. The number of pyridine rings is 1. The highest BCUT2D eigenvalue weighted by atomic mass is 16.5. The lowest BCUT2D eigenvalue weighted by Crippen LogP contribution is -2.57. The average Bonchev–Trinajstić information content (AvgIpc) is 3.72. The molecule has 262 valence electrons. The summed E-state index contributed by atoms with van der Waals surface area (Å²) < 4.78 is 11.9. The summed E-state index contributed by atoms with van der Waals surface area (Å²) >= 11 is 0. The smallest absolute Gasteiger partial charge is 0.290 e. The number of rotatable bonds is 3. The highest BCUT2D eigenvalue weighted by Gasteiger charge is 2.41. The number of hydrogen-bond donors (Lipinski definition) is 5. The molecule has 0 saturated carbocycles. The molecule has 0 spiro atoms. The molecule has 4 aromatic rings. The Hall–Kier alpha value is -5.83. The molecule has 1 fully saturated rings. The molecule has 2 aromatic heterocycles. The van der Waals surface area contributed by atoms with E-state index in [1.54, 1.807) is 50.5 Å². The van der Waals surface area contributed by atoms with Gasteiger partial charge < -0.3 is 40.2 Å². The zero-order valence-electron chi connectivity index (χ0n) is 27.7. The first-order valence-electron chi connectivity index (χ1n) is 16.0. The van der Waals surface area contributed by atoms with Crippen molar-refractivity contribution in [3.63, 3.8) is 0 Å². The maximum atomic E-state index is 13.8. The number of aliphatic hydroxyl groups is 1. The highest BCUT2D eigenvalue weighted by Crippen LogP contribution is 2.31. The molecule has 2 aromatic carbocycles. The number of fused-ring (bicyclic) bond motifs is 3. The first-order valence-corrected chi connectivity index (χ1v) is 16.0. The molecule has 50 heavy (non-hydrogen) atoms. The predicted molar refractivity (Wildman–Crippen MR) is 180 cm³/mol. The molecule has 4 heterocycles. The molecule has 15 nitrogen and oxygen atoms in total. The summed E-state index contributed by atoms with van der Waals surface area (Å²) in [5, 5.41) is 25.4. The quantitative estimate of drug-likeness (QED) is 0.197. The van der Waals surface area contributed by atoms with Gasteiger partial charge >= 0.3 is 0 Å². The van der Waals surface area contributed by atoms with Gasteiger partial charge in [0.25, 0.3) is 12.4 Å². The molecule has 0 radical (unpaired) electrons. The second-order valence-corrected chi connectivity index (χ2v) is 12.2. The van der Waals surface area contributed by atoms with E-state index >= 15 is 0 Å². The molecular formula is C35H38N6O9. The molecule has 1 saturated heterocycles. The van der Waals surface area contributed by atoms with Crippen LogP contribution < -0.4 is 20.7 Å². The standard InChI is InChI=1S/C34H36N6O7.CH2O2/c1-18(2)29-32(44)37-19(3)34(45)40-17-23(41)15-26(40)31(43)36-11-12-46-27-8-6-20(13-24(27)30(42)39-29)21-7-9-28-25(14-21)38-33(47-28)22-5-4-10-35-16-22;2-1-3/h4-10,13-14,16,18-19,23,26,29,41H,11-12,15,17H2,1-3H3,(H,36,43)(H,37,44)(H,39,42);1H,(H,2,3)/t19-,23+,26+,29+;/m1./s1. The van der Waals surface area contributed by atoms with Crippen molar-refractivity contribution in [2.75, 3.05) is 19.7 Å². The Kier molecular flexibility index (Phi) is 11.1. The normalized spacial score (nSPS) is 21.6. The number of ether oxygens (including phenoxy) is 1. The van der Waals surface area contributed by atoms with Gasteiger partial charge in [0, 0.05) is 25.4 Å². The Morgan fingerprint density at radius 1 is 1.00 bits per heavy atom. The number of carbonyl (C=O) groups is 5. The van der Waals surface area contributed by atoms with E-state index in [0.29, 0.717) is 22.6 Å². The number of aliphatic hydroxyl groups excluding tert-OH is 1. The van der Waals surface area contributed by atoms with Gasteiger partial charge in [0.05, 0.1) is 23.8 Å². The van der Waals surface area contributed by atoms with Crippen molar-refractivity contribution in [1.82, 2.24) is 30.8 Å². The van der Waals surface area contributed by atoms with Crippen LogP contribution in [0.2, 0.25) is 0 Å². The van der Waals surface area contributed by atoms with Crippen LogP contribution in [0, 0.1) is 5.92 Å². The van der Waals surface area contributed by atoms with Crippen molar-refractivity contribution in [3.05, 3.63) is 66.5 Å². The van der Waals surface area contributed by atoms with Crippen LogP contribution in [0.25, 0.3) is 33.7 Å². The third-order valence-electron chi connectivity index (χ3n) is 8.34. The molecule has 0 bridgehead atoms. The highest BCUT2D eigenvalue weighted by molar-refractivity contribution is 6.01. The van der Waals surface area contributed by atoms with Crippen molar-refractivity contribution in [1.29, 1.82) is 0 Å². The zero-order valence-corrected chi connectivity index (χ0v) is 27.7. The average molecular weight is 687 g/mol. The van der Waals surface area contributed by atoms with E-state index in [4.69, 9.17) is 19.1 Å². The van der Waals surface area contributed by atoms with E-state index in [9.17, 15) is 24.3 Å². The number of aromatic nitrogens is 2. The largest absolute Gasteiger partial charge is 0.491 e. The summed E-state index contributed by atoms with van der Waals surface area (Å²) in [5.74, 6) is -1.67. The van der Waals surface area contributed by atoms with Gasteiger partial charge in [-0.15, -0.1) is 0 Å². The van der Waals surface area contributed by atoms with Gasteiger partial charge in [0.15, 0.2) is 5.58 Å². The van der Waals surface area contributed by atoms with E-state index in [1.807, 2.05) is 24.3 Å². The molecule has 15 heteroatoms. The first kappa shape index (κ1) is 35.5. The fourth-order valence-corrected chi connectivity index (χ4v) is 5.86. The van der Waals surface area contributed by atoms with Crippen molar-refractivity contribution in [3.8, 4) is 28.3 Å². The monoisotopic (exact) mass is 686 g/mol. The second kappa shape index (κ2) is 15.6. The summed E-state index contributed by atoms with van der Waals surface area (Å²) in [6.07, 6.45) is 2.56. The topological polar surface area (TPSA) is 213 Å². The fraction of sp³-hybridized carbons (Fsp3) is 0.343. The number of benzene rings is 2. The van der Waals surface area contributed by atoms with Crippen molar-refractivity contribution in [2.45, 2.75) is 51.4 Å². The van der Waals surface area contributed by atoms with Crippen LogP contribution in [0.15, 0.2) is 65.3 Å². The predicted octanol–water partition coefficient (Wildman–Crippen LogP) is 1.99. The van der Waals surface area contributed by atoms with Crippen molar-refractivity contribution in [2.24, 2.45) is 5.92 Å². The maximum absolute atomic E-state index is 13.8. The molecule has 5 N–H and O–H groups in total. The molecule has 6 rings (SSSR count). The van der Waals surface area contributed by atoms with E-state index in [-0.39, 0.29) is 49.8 Å². The van der Waals surface area contributed by atoms with Gasteiger partial charge in [-0.3, -0.25) is 29.0 Å². The number of amides is 4. The minimum Gasteiger partial charge on any atom is -0.491 e. The molecule has 2 aliphatic rings.